The molecule has 0 spiro atoms. The minimum absolute atomic E-state index is 0.210. The van der Waals surface area contributed by atoms with Gasteiger partial charge in [0.25, 0.3) is 11.8 Å². The van der Waals surface area contributed by atoms with E-state index in [4.69, 9.17) is 46.4 Å². The SMILES string of the molecule is O=C(NCCCCCCCCNC(=O)c1cc(Cl)ccc1Cl)c1cc(Cl)ccc1Cl. The molecule has 0 aliphatic heterocycles. The minimum Gasteiger partial charge on any atom is -0.352 e. The highest BCUT2D eigenvalue weighted by Crippen LogP contribution is 2.21. The van der Waals surface area contributed by atoms with Crippen molar-refractivity contribution in [1.82, 2.24) is 10.6 Å². The molecule has 2 amide bonds. The summed E-state index contributed by atoms with van der Waals surface area (Å²) in [5.41, 5.74) is 0.788. The summed E-state index contributed by atoms with van der Waals surface area (Å²) in [5.74, 6) is -0.420. The number of amides is 2. The predicted octanol–water partition coefficient (Wildman–Crippen LogP) is 6.80. The van der Waals surface area contributed by atoms with Crippen LogP contribution in [0.5, 0.6) is 0 Å². The van der Waals surface area contributed by atoms with E-state index >= 15 is 0 Å². The molecule has 2 rings (SSSR count). The van der Waals surface area contributed by atoms with Crippen LogP contribution in [-0.2, 0) is 0 Å². The Bertz CT molecular complexity index is 803. The first kappa shape index (κ1) is 24.8. The fourth-order valence-electron chi connectivity index (χ4n) is 2.89. The minimum atomic E-state index is -0.210. The van der Waals surface area contributed by atoms with Crippen LogP contribution < -0.4 is 10.6 Å². The Morgan fingerprint density at radius 3 is 1.37 bits per heavy atom. The van der Waals surface area contributed by atoms with Crippen LogP contribution in [0.2, 0.25) is 20.1 Å². The van der Waals surface area contributed by atoms with Crippen molar-refractivity contribution in [2.75, 3.05) is 13.1 Å². The van der Waals surface area contributed by atoms with Crippen molar-refractivity contribution in [2.45, 2.75) is 38.5 Å². The largest absolute Gasteiger partial charge is 0.352 e. The molecule has 30 heavy (non-hydrogen) atoms. The quantitative estimate of drug-likeness (QED) is 0.341. The zero-order chi connectivity index (χ0) is 21.9. The van der Waals surface area contributed by atoms with Crippen molar-refractivity contribution in [2.24, 2.45) is 0 Å². The second-order valence-electron chi connectivity index (χ2n) is 6.88. The van der Waals surface area contributed by atoms with Crippen LogP contribution in [0.3, 0.4) is 0 Å². The molecule has 0 saturated carbocycles. The summed E-state index contributed by atoms with van der Waals surface area (Å²) in [6.45, 7) is 1.19. The first-order valence-electron chi connectivity index (χ1n) is 9.85. The van der Waals surface area contributed by atoms with Gasteiger partial charge >= 0.3 is 0 Å². The smallest absolute Gasteiger partial charge is 0.252 e. The van der Waals surface area contributed by atoms with Gasteiger partial charge in [-0.3, -0.25) is 9.59 Å². The Balaban J connectivity index is 1.51. The highest BCUT2D eigenvalue weighted by Gasteiger charge is 2.11. The molecule has 0 atom stereocenters. The average Bonchev–Trinajstić information content (AvgIpc) is 2.72. The summed E-state index contributed by atoms with van der Waals surface area (Å²) >= 11 is 23.9. The Kier molecular flexibility index (Phi) is 10.8. The molecule has 0 aliphatic rings. The monoisotopic (exact) mass is 488 g/mol. The van der Waals surface area contributed by atoms with Gasteiger partial charge in [-0.2, -0.15) is 0 Å². The zero-order valence-electron chi connectivity index (χ0n) is 16.4. The molecular weight excluding hydrogens is 466 g/mol. The molecule has 0 aromatic heterocycles. The lowest BCUT2D eigenvalue weighted by Crippen LogP contribution is -2.25. The molecule has 2 N–H and O–H groups in total. The normalized spacial score (nSPS) is 10.7. The zero-order valence-corrected chi connectivity index (χ0v) is 19.5. The lowest BCUT2D eigenvalue weighted by Gasteiger charge is -2.08. The molecular formula is C22H24Cl4N2O2. The number of carbonyl (C=O) groups excluding carboxylic acids is 2. The van der Waals surface area contributed by atoms with Crippen molar-refractivity contribution < 1.29 is 9.59 Å². The summed E-state index contributed by atoms with van der Waals surface area (Å²) in [6, 6.07) is 9.67. The summed E-state index contributed by atoms with van der Waals surface area (Å²) in [4.78, 5) is 24.2. The van der Waals surface area contributed by atoms with Gasteiger partial charge < -0.3 is 10.6 Å². The molecule has 0 bridgehead atoms. The first-order chi connectivity index (χ1) is 14.4. The van der Waals surface area contributed by atoms with E-state index < -0.39 is 0 Å². The Hall–Kier alpha value is -1.46. The number of unbranched alkanes of at least 4 members (excludes halogenated alkanes) is 5. The maximum atomic E-state index is 12.1. The van der Waals surface area contributed by atoms with Crippen molar-refractivity contribution in [3.63, 3.8) is 0 Å². The number of benzene rings is 2. The Labute approximate surface area is 197 Å². The highest BCUT2D eigenvalue weighted by atomic mass is 35.5. The van der Waals surface area contributed by atoms with Crippen molar-refractivity contribution >= 4 is 58.2 Å². The van der Waals surface area contributed by atoms with Crippen LogP contribution in [0.1, 0.15) is 59.2 Å². The number of carbonyl (C=O) groups is 2. The maximum absolute atomic E-state index is 12.1. The second kappa shape index (κ2) is 13.1. The number of hydrogen-bond acceptors (Lipinski definition) is 2. The first-order valence-corrected chi connectivity index (χ1v) is 11.4. The molecule has 0 aliphatic carbocycles. The van der Waals surface area contributed by atoms with E-state index in [9.17, 15) is 9.59 Å². The van der Waals surface area contributed by atoms with Crippen LogP contribution in [0.4, 0.5) is 0 Å². The van der Waals surface area contributed by atoms with E-state index in [-0.39, 0.29) is 11.8 Å². The second-order valence-corrected chi connectivity index (χ2v) is 8.57. The molecule has 2 aromatic rings. The van der Waals surface area contributed by atoms with Crippen LogP contribution in [0, 0.1) is 0 Å². The molecule has 2 aromatic carbocycles. The van der Waals surface area contributed by atoms with Crippen LogP contribution in [0.25, 0.3) is 0 Å². The summed E-state index contributed by atoms with van der Waals surface area (Å²) in [5, 5.41) is 7.48. The Morgan fingerprint density at radius 2 is 0.967 bits per heavy atom. The van der Waals surface area contributed by atoms with Gasteiger partial charge in [-0.15, -0.1) is 0 Å². The van der Waals surface area contributed by atoms with Gasteiger partial charge in [-0.05, 0) is 49.2 Å². The topological polar surface area (TPSA) is 58.2 Å². The van der Waals surface area contributed by atoms with E-state index in [2.05, 4.69) is 10.6 Å². The van der Waals surface area contributed by atoms with E-state index in [1.807, 2.05) is 0 Å². The molecule has 0 saturated heterocycles. The fourth-order valence-corrected chi connectivity index (χ4v) is 3.65. The lowest BCUT2D eigenvalue weighted by molar-refractivity contribution is 0.0944. The van der Waals surface area contributed by atoms with Crippen LogP contribution >= 0.6 is 46.4 Å². The van der Waals surface area contributed by atoms with E-state index in [0.717, 1.165) is 38.5 Å². The Morgan fingerprint density at radius 1 is 0.600 bits per heavy atom. The van der Waals surface area contributed by atoms with Crippen molar-refractivity contribution in [1.29, 1.82) is 0 Å². The fraction of sp³-hybridized carbons (Fsp3) is 0.364. The van der Waals surface area contributed by atoms with Crippen LogP contribution in [0.15, 0.2) is 36.4 Å². The number of halogens is 4. The third-order valence-electron chi connectivity index (χ3n) is 4.52. The van der Waals surface area contributed by atoms with E-state index in [1.165, 1.54) is 0 Å². The molecule has 0 fully saturated rings. The summed E-state index contributed by atoms with van der Waals surface area (Å²) in [7, 11) is 0. The standard InChI is InChI=1S/C22H24Cl4N2O2/c23-15-7-9-19(25)17(13-15)21(29)27-11-5-3-1-2-4-6-12-28-22(30)18-14-16(24)8-10-20(18)26/h7-10,13-14H,1-6,11-12H2,(H,27,29)(H,28,30). The number of hydrogen-bond donors (Lipinski definition) is 2. The van der Waals surface area contributed by atoms with Gasteiger partial charge in [-0.25, -0.2) is 0 Å². The summed E-state index contributed by atoms with van der Waals surface area (Å²) in [6.07, 6.45) is 5.98. The molecule has 4 nitrogen and oxygen atoms in total. The molecule has 0 heterocycles. The molecule has 0 unspecified atom stereocenters. The number of rotatable bonds is 11. The number of nitrogens with one attached hydrogen (secondary N) is 2. The van der Waals surface area contributed by atoms with Gasteiger partial charge in [0.2, 0.25) is 0 Å². The van der Waals surface area contributed by atoms with Crippen molar-refractivity contribution in [3.8, 4) is 0 Å². The molecule has 0 radical (unpaired) electrons. The highest BCUT2D eigenvalue weighted by molar-refractivity contribution is 6.36. The maximum Gasteiger partial charge on any atom is 0.252 e. The molecule has 8 heteroatoms. The van der Waals surface area contributed by atoms with Gasteiger partial charge in [0.15, 0.2) is 0 Å². The third kappa shape index (κ3) is 8.35. The van der Waals surface area contributed by atoms with Gasteiger partial charge in [0, 0.05) is 23.1 Å². The van der Waals surface area contributed by atoms with Gasteiger partial charge in [-0.1, -0.05) is 72.1 Å². The third-order valence-corrected chi connectivity index (χ3v) is 5.65. The van der Waals surface area contributed by atoms with Gasteiger partial charge in [0.1, 0.15) is 0 Å². The lowest BCUT2D eigenvalue weighted by atomic mass is 10.1. The average molecular weight is 490 g/mol. The predicted molar refractivity (Wildman–Crippen MR) is 125 cm³/mol. The van der Waals surface area contributed by atoms with Crippen LogP contribution in [-0.4, -0.2) is 24.9 Å². The van der Waals surface area contributed by atoms with Gasteiger partial charge in [0.05, 0.1) is 21.2 Å². The summed E-state index contributed by atoms with van der Waals surface area (Å²) < 4.78 is 0. The molecule has 162 valence electrons. The van der Waals surface area contributed by atoms with E-state index in [1.54, 1.807) is 36.4 Å². The van der Waals surface area contributed by atoms with Crippen molar-refractivity contribution in [3.05, 3.63) is 67.6 Å². The van der Waals surface area contributed by atoms with E-state index in [0.29, 0.717) is 44.3 Å².